The molecule has 2 heterocycles. The number of unbranched alkanes of at least 4 members (excludes halogenated alkanes) is 3. The maximum atomic E-state index is 15.6. The number of primary amides is 1. The molecule has 0 bridgehead atoms. The van der Waals surface area contributed by atoms with E-state index < -0.39 is 202 Å². The second kappa shape index (κ2) is 57.5. The van der Waals surface area contributed by atoms with Gasteiger partial charge in [-0.2, -0.15) is 0 Å². The van der Waals surface area contributed by atoms with Gasteiger partial charge >= 0.3 is 0 Å². The number of Topliss-reactive ketones (excluding diaryl/α,β-unsaturated/α-hetero) is 2. The number of aliphatic hydroxyl groups excluding tert-OH is 1. The Labute approximate surface area is 750 Å². The number of carbonyl (C=O) groups is 16. The quantitative estimate of drug-likeness (QED) is 0.0190. The van der Waals surface area contributed by atoms with Gasteiger partial charge in [0.25, 0.3) is 0 Å². The normalized spacial score (nSPS) is 24.2. The van der Waals surface area contributed by atoms with Crippen molar-refractivity contribution in [1.82, 2.24) is 79.6 Å². The number of rotatable bonds is 43. The lowest BCUT2D eigenvalue weighted by Gasteiger charge is -2.37. The van der Waals surface area contributed by atoms with Crippen LogP contribution in [0.1, 0.15) is 264 Å². The number of nitrogens with zero attached hydrogens (tertiary/aromatic N) is 1. The van der Waals surface area contributed by atoms with Crippen LogP contribution in [0.15, 0.2) is 36.4 Å². The van der Waals surface area contributed by atoms with E-state index in [1.165, 1.54) is 45.0 Å². The van der Waals surface area contributed by atoms with Gasteiger partial charge in [0.1, 0.15) is 84.0 Å². The first-order valence-corrected chi connectivity index (χ1v) is 45.9. The van der Waals surface area contributed by atoms with Crippen LogP contribution in [-0.4, -0.2) is 238 Å². The Morgan fingerprint density at radius 3 is 1.63 bits per heavy atom. The highest BCUT2D eigenvalue weighted by molar-refractivity contribution is 6.41. The van der Waals surface area contributed by atoms with Gasteiger partial charge in [-0.1, -0.05) is 126 Å². The predicted octanol–water partition coefficient (Wildman–Crippen LogP) is 1.38. The minimum atomic E-state index is -1.82. The number of amides is 13. The summed E-state index contributed by atoms with van der Waals surface area (Å²) in [5.74, 6) is -13.9. The van der Waals surface area contributed by atoms with Crippen molar-refractivity contribution < 1.29 is 86.9 Å². The molecule has 127 heavy (non-hydrogen) atoms. The average Bonchev–Trinajstić information content (AvgIpc) is 1.20. The standard InChI is InChI=1S/C90H155N19O18/c1-16-56(9)72(104-82(121)65(35-26-31-45-92)99-86(125)70-37-33-47-109(70)108-60(13)79(118)105-73(76(94)115)57(10)17-2)75(114)74(113)71(55(7)8)106-89(14)42-28-23-21-19-18-20-22-24-29-43-90(15,88(127)103-68(49-54(5)6)84(123)97-62(51-110)52-111)107-85(124)69(50-61-38-40-63(112)41-39-61)101-78(117)59(12)96-83(122)67(48-53(3)4)100-77(116)58(11)95-80(119)64(34-25-30-44-91)98-81(120)66(102-87(89)126)36-27-32-46-93/h20,22,38-41,51,53-60,62,64-73,106,108,111-112H,16-19,21,23-37,42-50,52,91-93H2,1-15H3,(H2,94,115)(H,95,119)(H,96,122)(H,97,123)(H,98,120)(H,99,125)(H,100,116)(H,101,117)(H,102,126)(H,103,127)(H,104,121)(H,105,118)(H,107,124)/b22-20-/t56-,57-,58-,59-,60?,62?,64?,65-,66-,67?,68-,69?,70-,71+,72-,73-,89?,90?/m0/s1. The number of benzene rings is 1. The monoisotopic (exact) mass is 1790 g/mol. The minimum Gasteiger partial charge on any atom is -0.508 e. The predicted molar refractivity (Wildman–Crippen MR) is 483 cm³/mol. The second-order valence-corrected chi connectivity index (χ2v) is 36.1. The molecule has 1 aromatic rings. The van der Waals surface area contributed by atoms with Crippen LogP contribution >= 0.6 is 0 Å². The molecule has 18 atom stereocenters. The number of phenolic OH excluding ortho intramolecular Hbond substituents is 1. The fraction of sp³-hybridized carbons (Fsp3) is 0.733. The SMILES string of the molecule is CC[C@H](C)[C@H](NC(=O)C(C)NN1CCC[C@H]1C(=O)N[C@@H](CCCCN)C(=O)N[C@H](C(=O)C(=O)[C@H](NC1(C)CCCCCC/C=C\CCCC(C)(C(=O)N[C@@H](CC(C)C)C(=O)NC(C=O)CO)NC(=O)C(Cc2ccc(O)cc2)NC(=O)[C@H](C)NC(=O)C(CC(C)C)NC(=O)[C@H](C)NC(=O)C(CCCCN)NC(=O)[C@H](CCCCN)NC1=O)C(C)C)[C@@H](C)CC)C(N)=O. The third kappa shape index (κ3) is 38.4. The highest BCUT2D eigenvalue weighted by Gasteiger charge is 2.46. The van der Waals surface area contributed by atoms with Gasteiger partial charge in [0, 0.05) is 13.0 Å². The average molecular weight is 1790 g/mol. The van der Waals surface area contributed by atoms with E-state index in [1.54, 1.807) is 81.2 Å². The maximum Gasteiger partial charge on any atom is 0.246 e. The Morgan fingerprint density at radius 2 is 1.08 bits per heavy atom. The number of aliphatic hydroxyl groups is 1. The van der Waals surface area contributed by atoms with E-state index in [2.05, 4.69) is 74.5 Å². The van der Waals surface area contributed by atoms with Gasteiger partial charge in [-0.25, -0.2) is 10.4 Å². The fourth-order valence-electron chi connectivity index (χ4n) is 15.1. The molecule has 1 saturated heterocycles. The van der Waals surface area contributed by atoms with Crippen molar-refractivity contribution >= 4 is 94.6 Å². The zero-order valence-corrected chi connectivity index (χ0v) is 77.9. The maximum absolute atomic E-state index is 15.6. The summed E-state index contributed by atoms with van der Waals surface area (Å²) < 4.78 is 0. The van der Waals surface area contributed by atoms with Crippen LogP contribution in [0, 0.1) is 29.6 Å². The zero-order chi connectivity index (χ0) is 95.4. The largest absolute Gasteiger partial charge is 0.508 e. The Hall–Kier alpha value is -9.40. The molecular formula is C90H155N19O18. The number of aldehydes is 1. The minimum absolute atomic E-state index is 0.00951. The first-order chi connectivity index (χ1) is 60.0. The van der Waals surface area contributed by atoms with Crippen molar-refractivity contribution in [1.29, 1.82) is 0 Å². The van der Waals surface area contributed by atoms with Crippen LogP contribution in [0.4, 0.5) is 0 Å². The number of phenols is 1. The van der Waals surface area contributed by atoms with Gasteiger partial charge in [-0.3, -0.25) is 77.2 Å². The molecule has 0 aliphatic carbocycles. The van der Waals surface area contributed by atoms with Crippen molar-refractivity contribution in [2.24, 2.45) is 52.5 Å². The van der Waals surface area contributed by atoms with Crippen LogP contribution in [0.25, 0.3) is 0 Å². The lowest BCUT2D eigenvalue weighted by molar-refractivity contribution is -0.143. The molecule has 37 heteroatoms. The summed E-state index contributed by atoms with van der Waals surface area (Å²) in [4.78, 5) is 229. The molecule has 718 valence electrons. The summed E-state index contributed by atoms with van der Waals surface area (Å²) in [5, 5.41) is 57.9. The van der Waals surface area contributed by atoms with Gasteiger partial charge in [0.15, 0.2) is 0 Å². The van der Waals surface area contributed by atoms with Gasteiger partial charge in [-0.15, -0.1) is 0 Å². The van der Waals surface area contributed by atoms with Gasteiger partial charge in [0.2, 0.25) is 88.4 Å². The van der Waals surface area contributed by atoms with Crippen molar-refractivity contribution in [3.8, 4) is 5.75 Å². The number of ketones is 2. The summed E-state index contributed by atoms with van der Waals surface area (Å²) >= 11 is 0. The summed E-state index contributed by atoms with van der Waals surface area (Å²) in [6.07, 6.45) is 11.6. The van der Waals surface area contributed by atoms with Crippen LogP contribution in [0.5, 0.6) is 5.75 Å². The van der Waals surface area contributed by atoms with Crippen molar-refractivity contribution in [2.75, 3.05) is 32.8 Å². The molecule has 0 saturated carbocycles. The summed E-state index contributed by atoms with van der Waals surface area (Å²) in [6, 6.07) is -11.7. The zero-order valence-electron chi connectivity index (χ0n) is 77.9. The molecule has 3 rings (SSSR count). The molecular weight excluding hydrogens is 1640 g/mol. The third-order valence-electron chi connectivity index (χ3n) is 23.6. The van der Waals surface area contributed by atoms with Crippen LogP contribution in [-0.2, 0) is 83.1 Å². The lowest BCUT2D eigenvalue weighted by atomic mass is 9.85. The smallest absolute Gasteiger partial charge is 0.246 e. The number of nitrogens with two attached hydrogens (primary N) is 4. The van der Waals surface area contributed by atoms with Gasteiger partial charge in [0.05, 0.1) is 30.3 Å². The molecule has 7 unspecified atom stereocenters. The molecule has 24 N–H and O–H groups in total. The summed E-state index contributed by atoms with van der Waals surface area (Å²) in [7, 11) is 0. The van der Waals surface area contributed by atoms with E-state index in [0.717, 1.165) is 0 Å². The first kappa shape index (κ1) is 112. The first-order valence-electron chi connectivity index (χ1n) is 45.9. The molecule has 2 aliphatic rings. The van der Waals surface area contributed by atoms with E-state index in [4.69, 9.17) is 22.9 Å². The Morgan fingerprint density at radius 1 is 0.559 bits per heavy atom. The molecule has 0 spiro atoms. The second-order valence-electron chi connectivity index (χ2n) is 36.1. The number of nitrogens with one attached hydrogen (secondary N) is 14. The molecule has 0 aromatic heterocycles. The van der Waals surface area contributed by atoms with Crippen LogP contribution in [0.3, 0.4) is 0 Å². The van der Waals surface area contributed by atoms with Gasteiger partial charge < -0.3 is 102 Å². The van der Waals surface area contributed by atoms with E-state index in [0.29, 0.717) is 121 Å². The highest BCUT2D eigenvalue weighted by atomic mass is 16.3. The number of allylic oxidation sites excluding steroid dienone is 2. The van der Waals surface area contributed by atoms with Crippen molar-refractivity contribution in [2.45, 2.75) is 360 Å². The number of hydrogen-bond donors (Lipinski definition) is 20. The van der Waals surface area contributed by atoms with E-state index in [1.807, 2.05) is 19.1 Å². The molecule has 1 fully saturated rings. The Bertz CT molecular complexity index is 3760. The topological polar surface area (TPSA) is 589 Å². The van der Waals surface area contributed by atoms with Crippen LogP contribution < -0.4 is 97.5 Å². The molecule has 2 aliphatic heterocycles. The third-order valence-corrected chi connectivity index (χ3v) is 23.6. The molecule has 13 amide bonds. The Balaban J connectivity index is 2.22. The summed E-state index contributed by atoms with van der Waals surface area (Å²) in [6.45, 7) is 25.4. The number of hydrogen-bond acceptors (Lipinski definition) is 24. The fourth-order valence-corrected chi connectivity index (χ4v) is 15.1. The highest BCUT2D eigenvalue weighted by Crippen LogP contribution is 2.26. The lowest BCUT2D eigenvalue weighted by Crippen LogP contribution is -2.65. The molecule has 1 aromatic carbocycles. The van der Waals surface area contributed by atoms with E-state index >= 15 is 24.0 Å². The van der Waals surface area contributed by atoms with E-state index in [-0.39, 0.29) is 101 Å². The van der Waals surface area contributed by atoms with E-state index in [9.17, 15) is 63.0 Å². The van der Waals surface area contributed by atoms with Gasteiger partial charge in [-0.05, 0) is 224 Å². The van der Waals surface area contributed by atoms with Crippen molar-refractivity contribution in [3.63, 3.8) is 0 Å². The summed E-state index contributed by atoms with van der Waals surface area (Å²) in [5.41, 5.74) is 23.5. The number of aromatic hydroxyl groups is 1. The Kier molecular flexibility index (Phi) is 50.6. The number of hydrazine groups is 1. The number of carbonyl (C=O) groups excluding carboxylic acids is 16. The molecule has 0 radical (unpaired) electrons. The van der Waals surface area contributed by atoms with Crippen molar-refractivity contribution in [3.05, 3.63) is 42.0 Å². The molecule has 37 nitrogen and oxygen atoms in total. The van der Waals surface area contributed by atoms with Crippen LogP contribution in [0.2, 0.25) is 0 Å².